The Bertz CT molecular complexity index is 1080. The number of thioether (sulfide) groups is 1. The van der Waals surface area contributed by atoms with Crippen molar-refractivity contribution in [1.29, 1.82) is 0 Å². The summed E-state index contributed by atoms with van der Waals surface area (Å²) in [5, 5.41) is 4.65. The summed E-state index contributed by atoms with van der Waals surface area (Å²) in [6, 6.07) is 7.66. The lowest BCUT2D eigenvalue weighted by Crippen LogP contribution is -2.54. The molecule has 4 rings (SSSR count). The van der Waals surface area contributed by atoms with Crippen molar-refractivity contribution in [2.45, 2.75) is 57.0 Å². The molecule has 1 N–H and O–H groups in total. The van der Waals surface area contributed by atoms with Gasteiger partial charge < -0.3 is 15.0 Å². The van der Waals surface area contributed by atoms with Crippen LogP contribution in [0.15, 0.2) is 36.8 Å². The number of esters is 1. The fourth-order valence-electron chi connectivity index (χ4n) is 4.73. The molecular formula is C27H37N5O4S. The van der Waals surface area contributed by atoms with Crippen LogP contribution in [0.4, 0.5) is 0 Å². The third-order valence-electron chi connectivity index (χ3n) is 6.89. The van der Waals surface area contributed by atoms with E-state index in [0.717, 1.165) is 31.5 Å². The third-order valence-corrected chi connectivity index (χ3v) is 7.53. The Labute approximate surface area is 222 Å². The van der Waals surface area contributed by atoms with E-state index in [9.17, 15) is 14.4 Å². The van der Waals surface area contributed by atoms with E-state index in [2.05, 4.69) is 34.6 Å². The summed E-state index contributed by atoms with van der Waals surface area (Å²) in [6.45, 7) is 2.14. The van der Waals surface area contributed by atoms with Gasteiger partial charge in [-0.05, 0) is 61.2 Å². The summed E-state index contributed by atoms with van der Waals surface area (Å²) in [5.74, 6) is 0.622. The van der Waals surface area contributed by atoms with Gasteiger partial charge in [0.2, 0.25) is 5.91 Å². The summed E-state index contributed by atoms with van der Waals surface area (Å²) in [6.07, 6.45) is 10.3. The molecule has 2 heterocycles. The quantitative estimate of drug-likeness (QED) is 0.400. The zero-order chi connectivity index (χ0) is 26.2. The first kappa shape index (κ1) is 27.2. The first-order valence-corrected chi connectivity index (χ1v) is 14.4. The van der Waals surface area contributed by atoms with E-state index in [1.54, 1.807) is 18.0 Å². The Morgan fingerprint density at radius 1 is 1.24 bits per heavy atom. The van der Waals surface area contributed by atoms with E-state index in [0.29, 0.717) is 30.3 Å². The summed E-state index contributed by atoms with van der Waals surface area (Å²) in [5.41, 5.74) is 3.04. The van der Waals surface area contributed by atoms with Gasteiger partial charge >= 0.3 is 5.97 Å². The molecule has 1 saturated carbocycles. The second-order valence-electron chi connectivity index (χ2n) is 9.69. The molecule has 1 aliphatic carbocycles. The Hall–Kier alpha value is -2.85. The van der Waals surface area contributed by atoms with Crippen LogP contribution in [0.3, 0.4) is 0 Å². The molecule has 9 nitrogen and oxygen atoms in total. The van der Waals surface area contributed by atoms with Crippen molar-refractivity contribution < 1.29 is 19.1 Å². The highest BCUT2D eigenvalue weighted by Gasteiger charge is 2.32. The van der Waals surface area contributed by atoms with E-state index in [1.807, 2.05) is 11.2 Å². The Kier molecular flexibility index (Phi) is 9.62. The van der Waals surface area contributed by atoms with Crippen molar-refractivity contribution in [2.24, 2.45) is 0 Å². The van der Waals surface area contributed by atoms with Gasteiger partial charge in [-0.3, -0.25) is 9.59 Å². The minimum Gasteiger partial charge on any atom is -0.467 e. The first-order chi connectivity index (χ1) is 18.0. The number of likely N-dealkylation sites (tertiary alicyclic amines) is 1. The van der Waals surface area contributed by atoms with Crippen molar-refractivity contribution in [3.63, 3.8) is 0 Å². The monoisotopic (exact) mass is 527 g/mol. The van der Waals surface area contributed by atoms with Crippen molar-refractivity contribution in [3.05, 3.63) is 53.6 Å². The van der Waals surface area contributed by atoms with Crippen LogP contribution in [0.5, 0.6) is 0 Å². The van der Waals surface area contributed by atoms with Gasteiger partial charge in [-0.1, -0.05) is 24.3 Å². The fraction of sp³-hybridized carbons (Fsp3) is 0.556. The van der Waals surface area contributed by atoms with Crippen LogP contribution in [-0.2, 0) is 32.1 Å². The molecule has 10 heteroatoms. The number of ether oxygens (including phenoxy) is 1. The predicted molar refractivity (Wildman–Crippen MR) is 144 cm³/mol. The van der Waals surface area contributed by atoms with Crippen molar-refractivity contribution in [3.8, 4) is 0 Å². The van der Waals surface area contributed by atoms with Crippen LogP contribution >= 0.6 is 11.8 Å². The molecule has 1 aromatic carbocycles. The van der Waals surface area contributed by atoms with Gasteiger partial charge in [0.1, 0.15) is 6.33 Å². The smallest absolute Gasteiger partial charge is 0.330 e. The van der Waals surface area contributed by atoms with E-state index in [-0.39, 0.29) is 24.8 Å². The second-order valence-corrected chi connectivity index (χ2v) is 10.7. The number of methoxy groups -OCH3 is 1. The number of hydrogen-bond donors (Lipinski definition) is 1. The van der Waals surface area contributed by atoms with E-state index in [4.69, 9.17) is 4.74 Å². The van der Waals surface area contributed by atoms with Gasteiger partial charge in [0.15, 0.2) is 6.04 Å². The number of carbonyl (C=O) groups is 3. The topological polar surface area (TPSA) is 96.8 Å². The molecule has 0 radical (unpaired) electrons. The number of aromatic nitrogens is 2. The molecule has 2 aliphatic rings. The number of hydrogen-bond acceptors (Lipinski definition) is 7. The highest BCUT2D eigenvalue weighted by Crippen LogP contribution is 2.40. The Balaban J connectivity index is 1.46. The molecule has 200 valence electrons. The molecule has 1 atom stereocenters. The van der Waals surface area contributed by atoms with Crippen LogP contribution in [0.2, 0.25) is 0 Å². The van der Waals surface area contributed by atoms with Crippen LogP contribution in [-0.4, -0.2) is 77.1 Å². The number of carbonyl (C=O) groups excluding carboxylic acids is 3. The minimum atomic E-state index is -0.804. The van der Waals surface area contributed by atoms with E-state index < -0.39 is 12.0 Å². The molecule has 0 bridgehead atoms. The molecule has 1 saturated heterocycles. The molecule has 2 fully saturated rings. The Morgan fingerprint density at radius 2 is 2.03 bits per heavy atom. The SMILES string of the molecule is COC(=O)C(CCSC)N(C(=O)CNCc1cccc(C2CC2)c1)n1cnc(CC(=O)N2CCCC2)c1. The van der Waals surface area contributed by atoms with Gasteiger partial charge in [0.25, 0.3) is 5.91 Å². The summed E-state index contributed by atoms with van der Waals surface area (Å²) in [4.78, 5) is 45.1. The maximum absolute atomic E-state index is 13.5. The average molecular weight is 528 g/mol. The first-order valence-electron chi connectivity index (χ1n) is 13.0. The number of nitrogens with one attached hydrogen (secondary N) is 1. The highest BCUT2D eigenvalue weighted by molar-refractivity contribution is 7.98. The number of amides is 2. The predicted octanol–water partition coefficient (Wildman–Crippen LogP) is 2.47. The van der Waals surface area contributed by atoms with Crippen molar-refractivity contribution in [2.75, 3.05) is 43.8 Å². The third kappa shape index (κ3) is 7.35. The molecule has 37 heavy (non-hydrogen) atoms. The zero-order valence-electron chi connectivity index (χ0n) is 21.7. The summed E-state index contributed by atoms with van der Waals surface area (Å²) >= 11 is 1.60. The lowest BCUT2D eigenvalue weighted by atomic mass is 10.1. The number of benzene rings is 1. The maximum Gasteiger partial charge on any atom is 0.330 e. The molecule has 2 aromatic rings. The van der Waals surface area contributed by atoms with Gasteiger partial charge in [0, 0.05) is 19.6 Å². The summed E-state index contributed by atoms with van der Waals surface area (Å²) in [7, 11) is 1.33. The van der Waals surface area contributed by atoms with Gasteiger partial charge in [-0.15, -0.1) is 0 Å². The fourth-order valence-corrected chi connectivity index (χ4v) is 5.19. The van der Waals surface area contributed by atoms with E-state index in [1.165, 1.54) is 41.5 Å². The molecule has 2 amide bonds. The normalized spacial score (nSPS) is 16.0. The molecule has 1 aromatic heterocycles. The van der Waals surface area contributed by atoms with Crippen LogP contribution in [0.25, 0.3) is 0 Å². The van der Waals surface area contributed by atoms with Crippen LogP contribution in [0, 0.1) is 0 Å². The summed E-state index contributed by atoms with van der Waals surface area (Å²) < 4.78 is 6.59. The van der Waals surface area contributed by atoms with Crippen LogP contribution < -0.4 is 10.3 Å². The number of nitrogens with zero attached hydrogens (tertiary/aromatic N) is 4. The maximum atomic E-state index is 13.5. The lowest BCUT2D eigenvalue weighted by Gasteiger charge is -2.30. The molecule has 0 spiro atoms. The van der Waals surface area contributed by atoms with Gasteiger partial charge in [0.05, 0.1) is 32.0 Å². The van der Waals surface area contributed by atoms with Crippen molar-refractivity contribution >= 4 is 29.5 Å². The van der Waals surface area contributed by atoms with E-state index >= 15 is 0 Å². The zero-order valence-corrected chi connectivity index (χ0v) is 22.5. The molecular weight excluding hydrogens is 490 g/mol. The van der Waals surface area contributed by atoms with Crippen LogP contribution in [0.1, 0.15) is 54.8 Å². The average Bonchev–Trinajstić information content (AvgIpc) is 3.41. The van der Waals surface area contributed by atoms with Gasteiger partial charge in [-0.25, -0.2) is 19.5 Å². The molecule has 1 unspecified atom stereocenters. The number of imidazole rings is 1. The second kappa shape index (κ2) is 13.1. The van der Waals surface area contributed by atoms with Gasteiger partial charge in [-0.2, -0.15) is 11.8 Å². The Morgan fingerprint density at radius 3 is 2.73 bits per heavy atom. The largest absolute Gasteiger partial charge is 0.467 e. The highest BCUT2D eigenvalue weighted by atomic mass is 32.2. The minimum absolute atomic E-state index is 0.0302. The lowest BCUT2D eigenvalue weighted by molar-refractivity contribution is -0.144. The van der Waals surface area contributed by atoms with Crippen molar-refractivity contribution in [1.82, 2.24) is 19.9 Å². The molecule has 1 aliphatic heterocycles. The standard InChI is InChI=1S/C27H37N5O4S/c1-36-27(35)24(10-13-37-2)32(31-18-23(29-19-31)15-25(33)30-11-3-4-12-30)26(34)17-28-16-20-6-5-7-22(14-20)21-8-9-21/h5-7,14,18-19,21,24,28H,3-4,8-13,15-17H2,1-2H3. The number of rotatable bonds is 13.